The van der Waals surface area contributed by atoms with Crippen LogP contribution in [-0.4, -0.2) is 37.9 Å². The lowest BCUT2D eigenvalue weighted by Crippen LogP contribution is -2.31. The highest BCUT2D eigenvalue weighted by atomic mass is 16.5. The second-order valence-corrected chi connectivity index (χ2v) is 6.11. The summed E-state index contributed by atoms with van der Waals surface area (Å²) in [5, 5.41) is 15.9. The summed E-state index contributed by atoms with van der Waals surface area (Å²) in [6.45, 7) is 2.15. The van der Waals surface area contributed by atoms with Gasteiger partial charge in [-0.2, -0.15) is 0 Å². The zero-order valence-corrected chi connectivity index (χ0v) is 15.0. The third-order valence-corrected chi connectivity index (χ3v) is 4.10. The largest absolute Gasteiger partial charge is 0.508 e. The summed E-state index contributed by atoms with van der Waals surface area (Å²) >= 11 is 0. The topological polar surface area (TPSA) is 75.1 Å². The maximum Gasteiger partial charge on any atom is 0.195 e. The molecule has 0 amide bonds. The molecule has 0 unspecified atom stereocenters. The number of hydrogen-bond donors (Lipinski definition) is 3. The molecule has 2 aromatic carbocycles. The zero-order valence-electron chi connectivity index (χ0n) is 15.0. The Bertz CT molecular complexity index is 744. The molecule has 0 bridgehead atoms. The Kier molecular flexibility index (Phi) is 6.19. The summed E-state index contributed by atoms with van der Waals surface area (Å²) in [5.41, 5.74) is 2.11. The Morgan fingerprint density at radius 1 is 1.08 bits per heavy atom. The van der Waals surface area contributed by atoms with Gasteiger partial charge in [0.2, 0.25) is 0 Å². The Hall–Kier alpha value is -2.89. The van der Waals surface area contributed by atoms with E-state index in [1.54, 1.807) is 19.2 Å². The second-order valence-electron chi connectivity index (χ2n) is 6.11. The van der Waals surface area contributed by atoms with Gasteiger partial charge in [-0.05, 0) is 42.7 Å². The average molecular weight is 355 g/mol. The Labute approximate surface area is 153 Å². The van der Waals surface area contributed by atoms with E-state index in [9.17, 15) is 5.11 Å². The highest BCUT2D eigenvalue weighted by Gasteiger charge is 2.11. The van der Waals surface area contributed by atoms with Crippen molar-refractivity contribution in [3.8, 4) is 17.2 Å². The molecule has 0 atom stereocenters. The molecule has 6 nitrogen and oxygen atoms in total. The molecule has 6 heteroatoms. The van der Waals surface area contributed by atoms with Crippen LogP contribution in [0.15, 0.2) is 47.5 Å². The number of aromatic hydroxyl groups is 1. The number of nitrogens with zero attached hydrogens (tertiary/aromatic N) is 1. The first-order chi connectivity index (χ1) is 12.7. The van der Waals surface area contributed by atoms with Gasteiger partial charge >= 0.3 is 0 Å². The molecular weight excluding hydrogens is 330 g/mol. The third kappa shape index (κ3) is 5.05. The fraction of sp³-hybridized carbons (Fsp3) is 0.350. The highest BCUT2D eigenvalue weighted by molar-refractivity contribution is 5.93. The van der Waals surface area contributed by atoms with Crippen molar-refractivity contribution in [2.24, 2.45) is 4.99 Å². The van der Waals surface area contributed by atoms with E-state index in [0.29, 0.717) is 24.9 Å². The van der Waals surface area contributed by atoms with Crippen LogP contribution < -0.4 is 20.1 Å². The summed E-state index contributed by atoms with van der Waals surface area (Å²) in [6, 6.07) is 13.1. The van der Waals surface area contributed by atoms with E-state index in [-0.39, 0.29) is 0 Å². The molecule has 0 saturated heterocycles. The van der Waals surface area contributed by atoms with Gasteiger partial charge in [-0.1, -0.05) is 12.1 Å². The van der Waals surface area contributed by atoms with Crippen LogP contribution >= 0.6 is 0 Å². The van der Waals surface area contributed by atoms with Crippen LogP contribution in [0.25, 0.3) is 0 Å². The van der Waals surface area contributed by atoms with Gasteiger partial charge < -0.3 is 25.2 Å². The smallest absolute Gasteiger partial charge is 0.195 e. The van der Waals surface area contributed by atoms with E-state index in [0.717, 1.165) is 43.0 Å². The predicted octanol–water partition coefficient (Wildman–Crippen LogP) is 3.17. The van der Waals surface area contributed by atoms with Crippen molar-refractivity contribution in [3.63, 3.8) is 0 Å². The first-order valence-electron chi connectivity index (χ1n) is 8.90. The lowest BCUT2D eigenvalue weighted by Gasteiger charge is -2.14. The first kappa shape index (κ1) is 17.9. The van der Waals surface area contributed by atoms with E-state index in [1.165, 1.54) is 5.56 Å². The predicted molar refractivity (Wildman–Crippen MR) is 103 cm³/mol. The summed E-state index contributed by atoms with van der Waals surface area (Å²) in [4.78, 5) is 4.26. The maximum absolute atomic E-state index is 9.31. The van der Waals surface area contributed by atoms with Gasteiger partial charge in [-0.3, -0.25) is 4.99 Å². The van der Waals surface area contributed by atoms with Crippen LogP contribution in [0.2, 0.25) is 0 Å². The van der Waals surface area contributed by atoms with Crippen molar-refractivity contribution in [1.29, 1.82) is 0 Å². The Morgan fingerprint density at radius 2 is 1.85 bits per heavy atom. The normalized spacial score (nSPS) is 13.8. The van der Waals surface area contributed by atoms with Crippen LogP contribution in [0.3, 0.4) is 0 Å². The van der Waals surface area contributed by atoms with Crippen molar-refractivity contribution >= 4 is 11.6 Å². The molecule has 0 saturated carbocycles. The van der Waals surface area contributed by atoms with E-state index in [4.69, 9.17) is 9.47 Å². The van der Waals surface area contributed by atoms with Crippen molar-refractivity contribution in [3.05, 3.63) is 48.0 Å². The molecule has 1 aliphatic rings. The van der Waals surface area contributed by atoms with Crippen molar-refractivity contribution in [2.75, 3.05) is 32.1 Å². The number of guanidine groups is 1. The third-order valence-electron chi connectivity index (χ3n) is 4.10. The summed E-state index contributed by atoms with van der Waals surface area (Å²) in [6.07, 6.45) is 2.79. The van der Waals surface area contributed by atoms with Crippen molar-refractivity contribution < 1.29 is 14.6 Å². The molecule has 0 spiro atoms. The minimum absolute atomic E-state index is 0.298. The number of ether oxygens (including phenoxy) is 2. The standard InChI is InChI=1S/C20H25N3O3/c1-21-20(22-11-2-4-15-5-8-17(24)9-6-15)23-16-7-10-18-19(14-16)26-13-3-12-25-18/h5-10,14,24H,2-4,11-13H2,1H3,(H2,21,22,23). The molecule has 3 N–H and O–H groups in total. The molecule has 3 rings (SSSR count). The summed E-state index contributed by atoms with van der Waals surface area (Å²) in [5.74, 6) is 2.55. The molecule has 0 aliphatic carbocycles. The van der Waals surface area contributed by atoms with Crippen LogP contribution in [0.5, 0.6) is 17.2 Å². The van der Waals surface area contributed by atoms with Crippen molar-refractivity contribution in [1.82, 2.24) is 5.32 Å². The molecule has 138 valence electrons. The molecular formula is C20H25N3O3. The van der Waals surface area contributed by atoms with Crippen LogP contribution in [0, 0.1) is 0 Å². The van der Waals surface area contributed by atoms with Crippen LogP contribution in [-0.2, 0) is 6.42 Å². The lowest BCUT2D eigenvalue weighted by molar-refractivity contribution is 0.297. The fourth-order valence-electron chi connectivity index (χ4n) is 2.72. The Balaban J connectivity index is 1.48. The summed E-state index contributed by atoms with van der Waals surface area (Å²) in [7, 11) is 1.75. The van der Waals surface area contributed by atoms with Gasteiger partial charge in [-0.15, -0.1) is 0 Å². The van der Waals surface area contributed by atoms with Crippen LogP contribution in [0.1, 0.15) is 18.4 Å². The number of anilines is 1. The SMILES string of the molecule is CN=C(NCCCc1ccc(O)cc1)Nc1ccc2c(c1)OCCCO2. The van der Waals surface area contributed by atoms with Crippen molar-refractivity contribution in [2.45, 2.75) is 19.3 Å². The Morgan fingerprint density at radius 3 is 2.62 bits per heavy atom. The number of benzene rings is 2. The van der Waals surface area contributed by atoms with Crippen LogP contribution in [0.4, 0.5) is 5.69 Å². The van der Waals surface area contributed by atoms with Gasteiger partial charge in [0, 0.05) is 31.8 Å². The van der Waals surface area contributed by atoms with E-state index in [2.05, 4.69) is 15.6 Å². The number of nitrogens with one attached hydrogen (secondary N) is 2. The van der Waals surface area contributed by atoms with Gasteiger partial charge in [0.25, 0.3) is 0 Å². The number of hydrogen-bond acceptors (Lipinski definition) is 4. The van der Waals surface area contributed by atoms with Gasteiger partial charge in [0.1, 0.15) is 5.75 Å². The van der Waals surface area contributed by atoms with E-state index >= 15 is 0 Å². The number of aryl methyl sites for hydroxylation is 1. The monoisotopic (exact) mass is 355 g/mol. The highest BCUT2D eigenvalue weighted by Crippen LogP contribution is 2.32. The molecule has 26 heavy (non-hydrogen) atoms. The molecule has 0 radical (unpaired) electrons. The minimum Gasteiger partial charge on any atom is -0.508 e. The molecule has 2 aromatic rings. The average Bonchev–Trinajstić information content (AvgIpc) is 2.90. The number of rotatable bonds is 5. The van der Waals surface area contributed by atoms with Gasteiger partial charge in [0.05, 0.1) is 13.2 Å². The second kappa shape index (κ2) is 8.99. The lowest BCUT2D eigenvalue weighted by atomic mass is 10.1. The number of aliphatic imine (C=N–C) groups is 1. The maximum atomic E-state index is 9.31. The molecule has 0 aromatic heterocycles. The number of fused-ring (bicyclic) bond motifs is 1. The van der Waals surface area contributed by atoms with Gasteiger partial charge in [0.15, 0.2) is 17.5 Å². The number of phenolic OH excluding ortho intramolecular Hbond substituents is 1. The summed E-state index contributed by atoms with van der Waals surface area (Å²) < 4.78 is 11.4. The molecule has 1 heterocycles. The minimum atomic E-state index is 0.298. The molecule has 0 fully saturated rings. The molecule has 1 aliphatic heterocycles. The van der Waals surface area contributed by atoms with E-state index in [1.807, 2.05) is 30.3 Å². The van der Waals surface area contributed by atoms with E-state index < -0.39 is 0 Å². The zero-order chi connectivity index (χ0) is 18.2. The number of phenols is 1. The van der Waals surface area contributed by atoms with Gasteiger partial charge in [-0.25, -0.2) is 0 Å². The first-order valence-corrected chi connectivity index (χ1v) is 8.90. The fourth-order valence-corrected chi connectivity index (χ4v) is 2.72. The quantitative estimate of drug-likeness (QED) is 0.436.